The molecular formula is C8H8N4S. The maximum absolute atomic E-state index is 4.29. The number of hydrogen-bond donors (Lipinski definition) is 1. The number of nitrogens with zero attached hydrogens (tertiary/aromatic N) is 3. The number of rotatable bonds is 2. The lowest BCUT2D eigenvalue weighted by atomic mass is 10.4. The molecule has 0 fully saturated rings. The molecular weight excluding hydrogens is 184 g/mol. The summed E-state index contributed by atoms with van der Waals surface area (Å²) < 4.78 is 0. The molecule has 0 atom stereocenters. The highest BCUT2D eigenvalue weighted by atomic mass is 32.2. The largest absolute Gasteiger partial charge is 0.343 e. The molecule has 2 aromatic rings. The van der Waals surface area contributed by atoms with E-state index in [1.807, 2.05) is 12.3 Å². The van der Waals surface area contributed by atoms with Crippen LogP contribution in [0, 0.1) is 0 Å². The molecule has 0 bridgehead atoms. The Bertz CT molecular complexity index is 385. The quantitative estimate of drug-likeness (QED) is 0.580. The Kier molecular flexibility index (Phi) is 2.27. The van der Waals surface area contributed by atoms with Crippen LogP contribution in [0.4, 0.5) is 0 Å². The van der Waals surface area contributed by atoms with Gasteiger partial charge in [0.2, 0.25) is 0 Å². The molecule has 13 heavy (non-hydrogen) atoms. The van der Waals surface area contributed by atoms with Crippen LogP contribution in [0.2, 0.25) is 0 Å². The highest BCUT2D eigenvalue weighted by Crippen LogP contribution is 2.14. The zero-order valence-electron chi connectivity index (χ0n) is 7.06. The lowest BCUT2D eigenvalue weighted by Gasteiger charge is -1.97. The molecule has 66 valence electrons. The van der Waals surface area contributed by atoms with Crippen LogP contribution in [0.25, 0.3) is 11.5 Å². The molecule has 0 aliphatic rings. The summed E-state index contributed by atoms with van der Waals surface area (Å²) in [4.78, 5) is 15.5. The number of aromatic amines is 1. The molecule has 1 N–H and O–H groups in total. The Morgan fingerprint density at radius 1 is 1.31 bits per heavy atom. The van der Waals surface area contributed by atoms with E-state index >= 15 is 0 Å². The number of hydrogen-bond acceptors (Lipinski definition) is 4. The summed E-state index contributed by atoms with van der Waals surface area (Å²) in [7, 11) is 0. The summed E-state index contributed by atoms with van der Waals surface area (Å²) in [5.74, 6) is 0.776. The first-order valence-electron chi connectivity index (χ1n) is 3.77. The van der Waals surface area contributed by atoms with E-state index < -0.39 is 0 Å². The Morgan fingerprint density at radius 3 is 2.92 bits per heavy atom. The van der Waals surface area contributed by atoms with Crippen molar-refractivity contribution in [1.29, 1.82) is 0 Å². The van der Waals surface area contributed by atoms with Gasteiger partial charge < -0.3 is 4.98 Å². The summed E-state index contributed by atoms with van der Waals surface area (Å²) >= 11 is 1.52. The van der Waals surface area contributed by atoms with Crippen LogP contribution in [0.1, 0.15) is 0 Å². The van der Waals surface area contributed by atoms with Gasteiger partial charge in [-0.15, -0.1) is 0 Å². The first-order chi connectivity index (χ1) is 6.40. The van der Waals surface area contributed by atoms with Crippen LogP contribution < -0.4 is 0 Å². The van der Waals surface area contributed by atoms with Crippen molar-refractivity contribution in [1.82, 2.24) is 19.9 Å². The molecule has 2 rings (SSSR count). The topological polar surface area (TPSA) is 54.5 Å². The van der Waals surface area contributed by atoms with Crippen molar-refractivity contribution < 1.29 is 0 Å². The van der Waals surface area contributed by atoms with Crippen molar-refractivity contribution in [3.8, 4) is 11.5 Å². The fourth-order valence-electron chi connectivity index (χ4n) is 0.976. The van der Waals surface area contributed by atoms with Gasteiger partial charge in [-0.25, -0.2) is 15.0 Å². The summed E-state index contributed by atoms with van der Waals surface area (Å²) in [5, 5.41) is 0.758. The first kappa shape index (κ1) is 8.25. The average Bonchev–Trinajstić information content (AvgIpc) is 2.71. The SMILES string of the molecule is CSc1nccc(-c2ncc[nH]2)n1. The number of thioether (sulfide) groups is 1. The van der Waals surface area contributed by atoms with Crippen molar-refractivity contribution in [2.75, 3.05) is 6.26 Å². The number of aromatic nitrogens is 4. The summed E-state index contributed by atoms with van der Waals surface area (Å²) in [6.45, 7) is 0. The lowest BCUT2D eigenvalue weighted by molar-refractivity contribution is 0.967. The molecule has 5 heteroatoms. The fourth-order valence-corrected chi connectivity index (χ4v) is 1.33. The summed E-state index contributed by atoms with van der Waals surface area (Å²) in [6, 6.07) is 1.83. The van der Waals surface area contributed by atoms with E-state index in [0.717, 1.165) is 16.7 Å². The summed E-state index contributed by atoms with van der Waals surface area (Å²) in [5.41, 5.74) is 0.823. The lowest BCUT2D eigenvalue weighted by Crippen LogP contribution is -1.89. The molecule has 2 heterocycles. The normalized spacial score (nSPS) is 10.2. The zero-order valence-corrected chi connectivity index (χ0v) is 7.88. The minimum atomic E-state index is 0.758. The zero-order chi connectivity index (χ0) is 9.10. The highest BCUT2D eigenvalue weighted by molar-refractivity contribution is 7.98. The molecule has 0 aliphatic carbocycles. The molecule has 0 aliphatic heterocycles. The van der Waals surface area contributed by atoms with Crippen molar-refractivity contribution >= 4 is 11.8 Å². The minimum absolute atomic E-state index is 0.758. The third-order valence-electron chi connectivity index (χ3n) is 1.56. The molecule has 0 unspecified atom stereocenters. The van der Waals surface area contributed by atoms with Crippen LogP contribution in [0.15, 0.2) is 29.8 Å². The molecule has 0 saturated heterocycles. The van der Waals surface area contributed by atoms with Gasteiger partial charge in [0, 0.05) is 18.6 Å². The Morgan fingerprint density at radius 2 is 2.23 bits per heavy atom. The number of H-pyrrole nitrogens is 1. The molecule has 2 aromatic heterocycles. The Balaban J connectivity index is 2.41. The summed E-state index contributed by atoms with van der Waals surface area (Å²) in [6.07, 6.45) is 7.16. The van der Waals surface area contributed by atoms with E-state index in [0.29, 0.717) is 0 Å². The van der Waals surface area contributed by atoms with E-state index in [2.05, 4.69) is 19.9 Å². The third-order valence-corrected chi connectivity index (χ3v) is 2.12. The number of imidazole rings is 1. The van der Waals surface area contributed by atoms with Crippen LogP contribution in [-0.4, -0.2) is 26.2 Å². The van der Waals surface area contributed by atoms with Gasteiger partial charge in [0.15, 0.2) is 11.0 Å². The first-order valence-corrected chi connectivity index (χ1v) is 4.99. The van der Waals surface area contributed by atoms with E-state index in [1.165, 1.54) is 11.8 Å². The van der Waals surface area contributed by atoms with Gasteiger partial charge >= 0.3 is 0 Å². The van der Waals surface area contributed by atoms with E-state index in [1.54, 1.807) is 18.6 Å². The van der Waals surface area contributed by atoms with Crippen molar-refractivity contribution in [2.45, 2.75) is 5.16 Å². The van der Waals surface area contributed by atoms with Crippen molar-refractivity contribution in [3.05, 3.63) is 24.7 Å². The predicted octanol–water partition coefficient (Wildman–Crippen LogP) is 1.59. The van der Waals surface area contributed by atoms with Gasteiger partial charge in [-0.3, -0.25) is 0 Å². The molecule has 4 nitrogen and oxygen atoms in total. The van der Waals surface area contributed by atoms with E-state index in [9.17, 15) is 0 Å². The van der Waals surface area contributed by atoms with E-state index in [-0.39, 0.29) is 0 Å². The highest BCUT2D eigenvalue weighted by Gasteiger charge is 2.02. The maximum atomic E-state index is 4.29. The second kappa shape index (κ2) is 3.57. The second-order valence-electron chi connectivity index (χ2n) is 2.37. The second-order valence-corrected chi connectivity index (χ2v) is 3.14. The fraction of sp³-hybridized carbons (Fsp3) is 0.125. The maximum Gasteiger partial charge on any atom is 0.187 e. The van der Waals surface area contributed by atoms with Gasteiger partial charge in [0.25, 0.3) is 0 Å². The minimum Gasteiger partial charge on any atom is -0.343 e. The number of nitrogens with one attached hydrogen (secondary N) is 1. The Labute approximate surface area is 79.8 Å². The van der Waals surface area contributed by atoms with Crippen LogP contribution in [0.5, 0.6) is 0 Å². The average molecular weight is 192 g/mol. The van der Waals surface area contributed by atoms with Crippen molar-refractivity contribution in [2.24, 2.45) is 0 Å². The molecule has 0 radical (unpaired) electrons. The molecule has 0 saturated carbocycles. The van der Waals surface area contributed by atoms with Crippen LogP contribution in [0.3, 0.4) is 0 Å². The molecule has 0 spiro atoms. The van der Waals surface area contributed by atoms with Gasteiger partial charge in [-0.2, -0.15) is 0 Å². The van der Waals surface area contributed by atoms with Crippen LogP contribution >= 0.6 is 11.8 Å². The molecule has 0 amide bonds. The van der Waals surface area contributed by atoms with Gasteiger partial charge in [-0.1, -0.05) is 11.8 Å². The van der Waals surface area contributed by atoms with Gasteiger partial charge in [0.05, 0.1) is 0 Å². The smallest absolute Gasteiger partial charge is 0.187 e. The van der Waals surface area contributed by atoms with Gasteiger partial charge in [0.1, 0.15) is 5.69 Å². The van der Waals surface area contributed by atoms with E-state index in [4.69, 9.17) is 0 Å². The third kappa shape index (κ3) is 1.70. The van der Waals surface area contributed by atoms with Gasteiger partial charge in [-0.05, 0) is 12.3 Å². The molecule has 0 aromatic carbocycles. The predicted molar refractivity (Wildman–Crippen MR) is 51.4 cm³/mol. The Hall–Kier alpha value is -1.36. The standard InChI is InChI=1S/C8H8N4S/c1-13-8-11-3-2-6(12-8)7-9-4-5-10-7/h2-5H,1H3,(H,9,10). The van der Waals surface area contributed by atoms with Crippen molar-refractivity contribution in [3.63, 3.8) is 0 Å². The monoisotopic (exact) mass is 192 g/mol. The van der Waals surface area contributed by atoms with Crippen LogP contribution in [-0.2, 0) is 0 Å².